The molecule has 0 saturated heterocycles. The first-order valence-electron chi connectivity index (χ1n) is 16.1. The molecule has 0 radical (unpaired) electrons. The molecule has 2 aromatic rings. The zero-order valence-electron chi connectivity index (χ0n) is 28.0. The summed E-state index contributed by atoms with van der Waals surface area (Å²) >= 11 is 0. The minimum absolute atomic E-state index is 0.0219. The summed E-state index contributed by atoms with van der Waals surface area (Å²) in [7, 11) is 0. The van der Waals surface area contributed by atoms with E-state index >= 15 is 0 Å². The van der Waals surface area contributed by atoms with E-state index in [1.807, 2.05) is 24.3 Å². The van der Waals surface area contributed by atoms with Crippen molar-refractivity contribution in [3.05, 3.63) is 36.0 Å². The molecule has 5 atom stereocenters. The van der Waals surface area contributed by atoms with E-state index in [-0.39, 0.29) is 25.2 Å². The van der Waals surface area contributed by atoms with Gasteiger partial charge in [-0.3, -0.25) is 28.8 Å². The third-order valence-electron chi connectivity index (χ3n) is 7.63. The van der Waals surface area contributed by atoms with Gasteiger partial charge in [0, 0.05) is 23.5 Å². The summed E-state index contributed by atoms with van der Waals surface area (Å²) in [6.07, 6.45) is 2.44. The van der Waals surface area contributed by atoms with Gasteiger partial charge in [-0.05, 0) is 56.7 Å². The molecule has 0 spiro atoms. The van der Waals surface area contributed by atoms with E-state index in [9.17, 15) is 38.7 Å². The lowest BCUT2D eigenvalue weighted by molar-refractivity contribution is -0.142. The average Bonchev–Trinajstić information content (AvgIpc) is 3.45. The second kappa shape index (κ2) is 19.7. The summed E-state index contributed by atoms with van der Waals surface area (Å²) in [5.41, 5.74) is 17.5. The van der Waals surface area contributed by atoms with Crippen molar-refractivity contribution in [2.75, 3.05) is 13.1 Å². The molecular formula is C32H49N9O8. The van der Waals surface area contributed by atoms with E-state index in [1.165, 1.54) is 6.92 Å². The highest BCUT2D eigenvalue weighted by Gasteiger charge is 2.32. The summed E-state index contributed by atoms with van der Waals surface area (Å²) in [6, 6.07) is 1.08. The number of hydrogen-bond donors (Lipinski definition) is 10. The molecule has 0 bridgehead atoms. The normalized spacial score (nSPS) is 14.2. The molecule has 0 aliphatic heterocycles. The number of aromatic amines is 1. The van der Waals surface area contributed by atoms with Crippen LogP contribution >= 0.6 is 0 Å². The monoisotopic (exact) mass is 687 g/mol. The Hall–Kier alpha value is -5.03. The lowest BCUT2D eigenvalue weighted by atomic mass is 10.00. The fourth-order valence-corrected chi connectivity index (χ4v) is 5.07. The summed E-state index contributed by atoms with van der Waals surface area (Å²) in [6.45, 7) is 4.91. The number of primary amides is 1. The molecule has 270 valence electrons. The summed E-state index contributed by atoms with van der Waals surface area (Å²) in [4.78, 5) is 91.8. The van der Waals surface area contributed by atoms with Crippen molar-refractivity contribution in [1.29, 1.82) is 0 Å². The van der Waals surface area contributed by atoms with Crippen LogP contribution < -0.4 is 43.8 Å². The number of H-pyrrole nitrogens is 1. The molecule has 0 fully saturated rings. The van der Waals surface area contributed by atoms with Crippen LogP contribution in [-0.4, -0.2) is 94.8 Å². The molecule has 49 heavy (non-hydrogen) atoms. The third-order valence-corrected chi connectivity index (χ3v) is 7.63. The minimum Gasteiger partial charge on any atom is -0.480 e. The molecule has 1 heterocycles. The van der Waals surface area contributed by atoms with E-state index in [4.69, 9.17) is 17.2 Å². The van der Waals surface area contributed by atoms with Crippen molar-refractivity contribution < 1.29 is 38.7 Å². The Morgan fingerprint density at radius 1 is 0.776 bits per heavy atom. The number of carboxylic acid groups (broad SMARTS) is 1. The zero-order chi connectivity index (χ0) is 36.7. The average molecular weight is 688 g/mol. The highest BCUT2D eigenvalue weighted by atomic mass is 16.4. The van der Waals surface area contributed by atoms with E-state index < -0.39 is 84.6 Å². The van der Waals surface area contributed by atoms with Crippen LogP contribution in [-0.2, 0) is 40.0 Å². The van der Waals surface area contributed by atoms with Gasteiger partial charge in [0.2, 0.25) is 35.4 Å². The molecule has 2 rings (SSSR count). The number of nitrogens with one attached hydrogen (secondary N) is 6. The standard InChI is InChI=1S/C32H49N9O8/c1-17(2)12-23(40-31(47)25(14-26(35)42)38-27(43)15-34)30(46)41-24(13-19-16-36-21-9-5-4-8-20(19)21)29(45)37-18(3)28(44)39-22(32(48)49)10-6-7-11-33/h4-5,8-9,16-18,22-25,36H,6-7,10-15,33-34H2,1-3H3,(H2,35,42)(H,37,45)(H,38,43)(H,39,44)(H,40,47)(H,41,46)(H,48,49)/t18-,22-,23-,24-,25-/m0/s1. The highest BCUT2D eigenvalue weighted by molar-refractivity contribution is 5.97. The number of aliphatic carboxylic acids is 1. The quantitative estimate of drug-likeness (QED) is 0.0660. The van der Waals surface area contributed by atoms with Gasteiger partial charge in [0.15, 0.2) is 0 Å². The van der Waals surface area contributed by atoms with Crippen molar-refractivity contribution in [3.63, 3.8) is 0 Å². The number of carbonyl (C=O) groups is 7. The Balaban J connectivity index is 2.33. The first-order chi connectivity index (χ1) is 23.2. The van der Waals surface area contributed by atoms with Crippen molar-refractivity contribution in [2.24, 2.45) is 23.1 Å². The molecule has 17 heteroatoms. The topological polar surface area (TPSA) is 294 Å². The van der Waals surface area contributed by atoms with E-state index in [2.05, 4.69) is 31.6 Å². The Morgan fingerprint density at radius 2 is 1.39 bits per heavy atom. The van der Waals surface area contributed by atoms with Crippen molar-refractivity contribution >= 4 is 52.3 Å². The number of aromatic nitrogens is 1. The number of rotatable bonds is 21. The SMILES string of the molecule is CC(C)C[C@H](NC(=O)[C@H](CC(N)=O)NC(=O)CN)C(=O)N[C@@H](Cc1c[nH]c2ccccc12)C(=O)N[C@@H](C)C(=O)N[C@@H](CCCCN)C(=O)O. The molecule has 13 N–H and O–H groups in total. The minimum atomic E-state index is -1.40. The van der Waals surface area contributed by atoms with Crippen LogP contribution in [0.4, 0.5) is 0 Å². The predicted molar refractivity (Wildman–Crippen MR) is 180 cm³/mol. The van der Waals surface area contributed by atoms with Gasteiger partial charge >= 0.3 is 5.97 Å². The Labute approximate surface area is 284 Å². The van der Waals surface area contributed by atoms with Gasteiger partial charge in [0.25, 0.3) is 0 Å². The van der Waals surface area contributed by atoms with Crippen LogP contribution in [0.2, 0.25) is 0 Å². The highest BCUT2D eigenvalue weighted by Crippen LogP contribution is 2.19. The smallest absolute Gasteiger partial charge is 0.326 e. The van der Waals surface area contributed by atoms with Crippen molar-refractivity contribution in [3.8, 4) is 0 Å². The molecular weight excluding hydrogens is 638 g/mol. The Morgan fingerprint density at radius 3 is 2.00 bits per heavy atom. The molecule has 1 aromatic heterocycles. The van der Waals surface area contributed by atoms with E-state index in [0.717, 1.165) is 10.9 Å². The first-order valence-corrected chi connectivity index (χ1v) is 16.1. The molecule has 0 unspecified atom stereocenters. The van der Waals surface area contributed by atoms with Gasteiger partial charge in [0.05, 0.1) is 13.0 Å². The number of unbranched alkanes of at least 4 members (excludes halogenated alkanes) is 1. The molecule has 6 amide bonds. The summed E-state index contributed by atoms with van der Waals surface area (Å²) < 4.78 is 0. The van der Waals surface area contributed by atoms with Gasteiger partial charge in [-0.2, -0.15) is 0 Å². The van der Waals surface area contributed by atoms with E-state index in [0.29, 0.717) is 24.9 Å². The van der Waals surface area contributed by atoms with Crippen LogP contribution in [0, 0.1) is 5.92 Å². The maximum Gasteiger partial charge on any atom is 0.326 e. The number of carbonyl (C=O) groups excluding carboxylic acids is 6. The van der Waals surface area contributed by atoms with Crippen LogP contribution in [0.25, 0.3) is 10.9 Å². The van der Waals surface area contributed by atoms with Crippen LogP contribution in [0.5, 0.6) is 0 Å². The second-order valence-corrected chi connectivity index (χ2v) is 12.2. The summed E-state index contributed by atoms with van der Waals surface area (Å²) in [5.74, 6) is -6.03. The second-order valence-electron chi connectivity index (χ2n) is 12.2. The molecule has 1 aromatic carbocycles. The molecule has 0 aliphatic carbocycles. The lowest BCUT2D eigenvalue weighted by Crippen LogP contribution is -2.59. The first kappa shape index (κ1) is 40.1. The Kier molecular flexibility index (Phi) is 16.1. The van der Waals surface area contributed by atoms with Gasteiger partial charge in [-0.25, -0.2) is 4.79 Å². The maximum atomic E-state index is 13.7. The Bertz CT molecular complexity index is 1480. The molecule has 17 nitrogen and oxygen atoms in total. The number of hydrogen-bond acceptors (Lipinski definition) is 9. The molecule has 0 saturated carbocycles. The zero-order valence-corrected chi connectivity index (χ0v) is 28.0. The van der Waals surface area contributed by atoms with E-state index in [1.54, 1.807) is 20.0 Å². The number of nitrogens with two attached hydrogens (primary N) is 3. The van der Waals surface area contributed by atoms with Crippen LogP contribution in [0.3, 0.4) is 0 Å². The number of para-hydroxylation sites is 1. The fraction of sp³-hybridized carbons (Fsp3) is 0.531. The largest absolute Gasteiger partial charge is 0.480 e. The number of fused-ring (bicyclic) bond motifs is 1. The van der Waals surface area contributed by atoms with Gasteiger partial charge in [-0.1, -0.05) is 32.0 Å². The molecule has 0 aliphatic rings. The van der Waals surface area contributed by atoms with Gasteiger partial charge in [-0.15, -0.1) is 0 Å². The van der Waals surface area contributed by atoms with Crippen molar-refractivity contribution in [2.45, 2.75) is 89.5 Å². The third kappa shape index (κ3) is 13.2. The van der Waals surface area contributed by atoms with Crippen LogP contribution in [0.1, 0.15) is 58.4 Å². The number of carboxylic acids is 1. The van der Waals surface area contributed by atoms with Crippen molar-refractivity contribution in [1.82, 2.24) is 31.6 Å². The van der Waals surface area contributed by atoms with Gasteiger partial charge in [0.1, 0.15) is 30.2 Å². The number of amides is 6. The fourth-order valence-electron chi connectivity index (χ4n) is 5.07. The van der Waals surface area contributed by atoms with Gasteiger partial charge < -0.3 is 53.9 Å². The predicted octanol–water partition coefficient (Wildman–Crippen LogP) is -1.75. The summed E-state index contributed by atoms with van der Waals surface area (Å²) in [5, 5.41) is 22.9. The van der Waals surface area contributed by atoms with Crippen LogP contribution in [0.15, 0.2) is 30.5 Å². The number of benzene rings is 1. The lowest BCUT2D eigenvalue weighted by Gasteiger charge is -2.27. The maximum absolute atomic E-state index is 13.7.